The Kier molecular flexibility index (Phi) is 8.71. The van der Waals surface area contributed by atoms with Crippen LogP contribution in [0.4, 0.5) is 5.69 Å². The van der Waals surface area contributed by atoms with Gasteiger partial charge in [-0.25, -0.2) is 4.79 Å². The monoisotopic (exact) mass is 452 g/mol. The first-order valence-electron chi connectivity index (χ1n) is 11.1. The molecule has 1 aliphatic heterocycles. The summed E-state index contributed by atoms with van der Waals surface area (Å²) in [5.41, 5.74) is 1.76. The number of nitrogens with one attached hydrogen (secondary N) is 1. The second-order valence-electron chi connectivity index (χ2n) is 7.58. The number of carbonyl (C=O) groups excluding carboxylic acids is 4. The van der Waals surface area contributed by atoms with Crippen LogP contribution in [-0.4, -0.2) is 55.0 Å². The van der Waals surface area contributed by atoms with Gasteiger partial charge in [0.15, 0.2) is 0 Å². The number of unbranched alkanes of at least 4 members (excludes halogenated alkanes) is 2. The molecule has 8 heteroatoms. The fraction of sp³-hybridized carbons (Fsp3) is 0.360. The summed E-state index contributed by atoms with van der Waals surface area (Å²) in [4.78, 5) is 50.3. The van der Waals surface area contributed by atoms with E-state index in [1.54, 1.807) is 48.5 Å². The van der Waals surface area contributed by atoms with E-state index in [0.717, 1.165) is 0 Å². The molecule has 0 radical (unpaired) electrons. The molecule has 0 aromatic heterocycles. The van der Waals surface area contributed by atoms with Crippen LogP contribution in [0.15, 0.2) is 48.5 Å². The smallest absolute Gasteiger partial charge is 0.338 e. The second-order valence-corrected chi connectivity index (χ2v) is 7.58. The highest BCUT2D eigenvalue weighted by Crippen LogP contribution is 2.23. The molecule has 0 fully saturated rings. The third-order valence-electron chi connectivity index (χ3n) is 5.21. The number of carbonyl (C=O) groups is 4. The zero-order valence-electron chi connectivity index (χ0n) is 18.7. The molecule has 1 N–H and O–H groups in total. The van der Waals surface area contributed by atoms with Crippen LogP contribution in [0.3, 0.4) is 0 Å². The lowest BCUT2D eigenvalue weighted by atomic mass is 10.1. The van der Waals surface area contributed by atoms with E-state index in [1.165, 1.54) is 4.90 Å². The Labute approximate surface area is 192 Å². The zero-order chi connectivity index (χ0) is 23.6. The lowest BCUT2D eigenvalue weighted by molar-refractivity contribution is -0.116. The number of hydrogen-bond donors (Lipinski definition) is 1. The number of rotatable bonds is 12. The first kappa shape index (κ1) is 24.1. The maximum atomic E-state index is 12.3. The fourth-order valence-electron chi connectivity index (χ4n) is 3.54. The Balaban J connectivity index is 1.37. The minimum Gasteiger partial charge on any atom is -0.460 e. The van der Waals surface area contributed by atoms with Crippen LogP contribution in [-0.2, 0) is 14.3 Å². The average Bonchev–Trinajstić information content (AvgIpc) is 3.06. The number of benzene rings is 2. The van der Waals surface area contributed by atoms with Crippen molar-refractivity contribution >= 4 is 29.4 Å². The third-order valence-corrected chi connectivity index (χ3v) is 5.21. The molecule has 8 nitrogen and oxygen atoms in total. The van der Waals surface area contributed by atoms with Crippen LogP contribution in [0.5, 0.6) is 0 Å². The highest BCUT2D eigenvalue weighted by molar-refractivity contribution is 6.21. The molecule has 0 bridgehead atoms. The summed E-state index contributed by atoms with van der Waals surface area (Å²) in [6.45, 7) is 3.27. The zero-order valence-corrected chi connectivity index (χ0v) is 18.7. The van der Waals surface area contributed by atoms with Crippen molar-refractivity contribution in [3.05, 3.63) is 65.2 Å². The number of amides is 3. The average molecular weight is 453 g/mol. The van der Waals surface area contributed by atoms with Gasteiger partial charge in [0.1, 0.15) is 6.61 Å². The SMILES string of the molecule is CCOCCOC(=O)c1cccc(NC(=O)CCCCCN2C(=O)c3ccccc3C2=O)c1. The van der Waals surface area contributed by atoms with E-state index < -0.39 is 5.97 Å². The quantitative estimate of drug-likeness (QED) is 0.299. The number of anilines is 1. The topological polar surface area (TPSA) is 102 Å². The molecule has 3 rings (SSSR count). The van der Waals surface area contributed by atoms with E-state index in [0.29, 0.717) is 67.8 Å². The van der Waals surface area contributed by atoms with Crippen LogP contribution in [0.1, 0.15) is 63.7 Å². The molecule has 1 aliphatic rings. The van der Waals surface area contributed by atoms with Crippen molar-refractivity contribution < 1.29 is 28.7 Å². The minimum atomic E-state index is -0.473. The summed E-state index contributed by atoms with van der Waals surface area (Å²) in [5.74, 6) is -1.16. The van der Waals surface area contributed by atoms with Crippen LogP contribution in [0.2, 0.25) is 0 Å². The summed E-state index contributed by atoms with van der Waals surface area (Å²) in [6, 6.07) is 13.4. The lowest BCUT2D eigenvalue weighted by Gasteiger charge is -2.13. The maximum absolute atomic E-state index is 12.3. The molecule has 3 amide bonds. The summed E-state index contributed by atoms with van der Waals surface area (Å²) in [5, 5.41) is 2.78. The van der Waals surface area contributed by atoms with Crippen molar-refractivity contribution in [3.8, 4) is 0 Å². The number of fused-ring (bicyclic) bond motifs is 1. The summed E-state index contributed by atoms with van der Waals surface area (Å²) >= 11 is 0. The molecule has 0 atom stereocenters. The fourth-order valence-corrected chi connectivity index (χ4v) is 3.54. The molecule has 33 heavy (non-hydrogen) atoms. The number of ether oxygens (including phenoxy) is 2. The van der Waals surface area contributed by atoms with Gasteiger partial charge in [0.25, 0.3) is 11.8 Å². The molecule has 0 unspecified atom stereocenters. The Morgan fingerprint density at radius 3 is 2.33 bits per heavy atom. The van der Waals surface area contributed by atoms with Crippen LogP contribution in [0.25, 0.3) is 0 Å². The van der Waals surface area contributed by atoms with Gasteiger partial charge in [0, 0.05) is 25.3 Å². The van der Waals surface area contributed by atoms with Gasteiger partial charge >= 0.3 is 5.97 Å². The van der Waals surface area contributed by atoms with Gasteiger partial charge in [-0.15, -0.1) is 0 Å². The van der Waals surface area contributed by atoms with E-state index in [1.807, 2.05) is 6.92 Å². The predicted molar refractivity (Wildman–Crippen MR) is 122 cm³/mol. The van der Waals surface area contributed by atoms with Crippen molar-refractivity contribution in [2.45, 2.75) is 32.6 Å². The Bertz CT molecular complexity index is 984. The van der Waals surface area contributed by atoms with E-state index >= 15 is 0 Å². The number of imide groups is 1. The molecule has 0 aliphatic carbocycles. The van der Waals surface area contributed by atoms with Crippen LogP contribution >= 0.6 is 0 Å². The second kappa shape index (κ2) is 11.9. The first-order chi connectivity index (χ1) is 16.0. The largest absolute Gasteiger partial charge is 0.460 e. The van der Waals surface area contributed by atoms with Crippen molar-refractivity contribution in [1.82, 2.24) is 4.90 Å². The van der Waals surface area contributed by atoms with Crippen molar-refractivity contribution in [2.24, 2.45) is 0 Å². The Morgan fingerprint density at radius 2 is 1.64 bits per heavy atom. The normalized spacial score (nSPS) is 12.6. The van der Waals surface area contributed by atoms with Gasteiger partial charge in [-0.05, 0) is 50.1 Å². The van der Waals surface area contributed by atoms with Gasteiger partial charge < -0.3 is 14.8 Å². The molecule has 2 aromatic rings. The Morgan fingerprint density at radius 1 is 0.909 bits per heavy atom. The maximum Gasteiger partial charge on any atom is 0.338 e. The molecule has 0 saturated heterocycles. The van der Waals surface area contributed by atoms with Gasteiger partial charge in [0.05, 0.1) is 23.3 Å². The van der Waals surface area contributed by atoms with Gasteiger partial charge in [-0.1, -0.05) is 24.6 Å². The van der Waals surface area contributed by atoms with Crippen LogP contribution < -0.4 is 5.32 Å². The Hall–Kier alpha value is -3.52. The number of esters is 1. The van der Waals surface area contributed by atoms with Gasteiger partial charge in [-0.3, -0.25) is 19.3 Å². The summed E-state index contributed by atoms with van der Waals surface area (Å²) in [6.07, 6.45) is 2.24. The molecule has 0 saturated carbocycles. The van der Waals surface area contributed by atoms with E-state index in [-0.39, 0.29) is 24.3 Å². The minimum absolute atomic E-state index is 0.169. The van der Waals surface area contributed by atoms with E-state index in [4.69, 9.17) is 9.47 Å². The number of hydrogen-bond acceptors (Lipinski definition) is 6. The van der Waals surface area contributed by atoms with Gasteiger partial charge in [-0.2, -0.15) is 0 Å². The molecule has 0 spiro atoms. The third kappa shape index (κ3) is 6.49. The van der Waals surface area contributed by atoms with Crippen molar-refractivity contribution in [2.75, 3.05) is 31.7 Å². The summed E-state index contributed by atoms with van der Waals surface area (Å²) in [7, 11) is 0. The first-order valence-corrected chi connectivity index (χ1v) is 11.1. The highest BCUT2D eigenvalue weighted by atomic mass is 16.6. The van der Waals surface area contributed by atoms with E-state index in [9.17, 15) is 19.2 Å². The standard InChI is InChI=1S/C25H28N2O6/c1-2-32-15-16-33-25(31)18-9-8-10-19(17-18)26-22(28)13-4-3-7-14-27-23(29)20-11-5-6-12-21(20)24(27)30/h5-6,8-12,17H,2-4,7,13-16H2,1H3,(H,26,28). The predicted octanol–water partition coefficient (Wildman–Crippen LogP) is 3.68. The molecule has 174 valence electrons. The number of nitrogens with zero attached hydrogens (tertiary/aromatic N) is 1. The summed E-state index contributed by atoms with van der Waals surface area (Å²) < 4.78 is 10.3. The van der Waals surface area contributed by atoms with E-state index in [2.05, 4.69) is 5.32 Å². The van der Waals surface area contributed by atoms with Crippen LogP contribution in [0, 0.1) is 0 Å². The highest BCUT2D eigenvalue weighted by Gasteiger charge is 2.34. The lowest BCUT2D eigenvalue weighted by Crippen LogP contribution is -2.30. The molecule has 2 aromatic carbocycles. The molecule has 1 heterocycles. The van der Waals surface area contributed by atoms with Gasteiger partial charge in [0.2, 0.25) is 5.91 Å². The van der Waals surface area contributed by atoms with Crippen molar-refractivity contribution in [1.29, 1.82) is 0 Å². The van der Waals surface area contributed by atoms with Crippen molar-refractivity contribution in [3.63, 3.8) is 0 Å². The molecular formula is C25H28N2O6. The molecular weight excluding hydrogens is 424 g/mol.